The van der Waals surface area contributed by atoms with Crippen LogP contribution in [0.2, 0.25) is 0 Å². The van der Waals surface area contributed by atoms with Gasteiger partial charge in [0.1, 0.15) is 11.7 Å². The van der Waals surface area contributed by atoms with E-state index in [1.807, 2.05) is 13.8 Å². The Labute approximate surface area is 99.8 Å². The number of alkyl halides is 1. The quantitative estimate of drug-likeness (QED) is 0.809. The van der Waals surface area contributed by atoms with E-state index in [1.54, 1.807) is 18.2 Å². The first-order chi connectivity index (χ1) is 7.44. The van der Waals surface area contributed by atoms with Crippen LogP contribution < -0.4 is 5.32 Å². The molecule has 1 amide bonds. The van der Waals surface area contributed by atoms with E-state index < -0.39 is 5.54 Å². The molecule has 2 nitrogen and oxygen atoms in total. The summed E-state index contributed by atoms with van der Waals surface area (Å²) < 4.78 is 13.4. The third-order valence-corrected chi connectivity index (χ3v) is 2.43. The standard InChI is InChI=1S/C12H15ClFNO/c1-12(2,15-11(16)8-13)7-9-5-3-4-6-10(9)14/h3-6H,7-8H2,1-2H3,(H,15,16). The normalized spacial score (nSPS) is 11.2. The van der Waals surface area contributed by atoms with Crippen molar-refractivity contribution in [3.8, 4) is 0 Å². The zero-order valence-corrected chi connectivity index (χ0v) is 10.1. The van der Waals surface area contributed by atoms with Crippen molar-refractivity contribution in [2.75, 3.05) is 5.88 Å². The van der Waals surface area contributed by atoms with E-state index in [4.69, 9.17) is 11.6 Å². The number of amides is 1. The monoisotopic (exact) mass is 243 g/mol. The maximum Gasteiger partial charge on any atom is 0.235 e. The molecule has 0 atom stereocenters. The van der Waals surface area contributed by atoms with Crippen LogP contribution in [0.5, 0.6) is 0 Å². The summed E-state index contributed by atoms with van der Waals surface area (Å²) >= 11 is 5.41. The number of hydrogen-bond donors (Lipinski definition) is 1. The van der Waals surface area contributed by atoms with E-state index in [-0.39, 0.29) is 17.6 Å². The van der Waals surface area contributed by atoms with Gasteiger partial charge < -0.3 is 5.32 Å². The van der Waals surface area contributed by atoms with Gasteiger partial charge in [0.15, 0.2) is 0 Å². The van der Waals surface area contributed by atoms with Gasteiger partial charge in [-0.2, -0.15) is 0 Å². The third kappa shape index (κ3) is 3.81. The third-order valence-electron chi connectivity index (χ3n) is 2.19. The van der Waals surface area contributed by atoms with Crippen molar-refractivity contribution in [2.24, 2.45) is 0 Å². The summed E-state index contributed by atoms with van der Waals surface area (Å²) in [6.07, 6.45) is 0.433. The van der Waals surface area contributed by atoms with E-state index in [0.29, 0.717) is 12.0 Å². The average Bonchev–Trinajstić information content (AvgIpc) is 2.20. The number of carbonyl (C=O) groups is 1. The lowest BCUT2D eigenvalue weighted by Crippen LogP contribution is -2.45. The number of carbonyl (C=O) groups excluding carboxylic acids is 1. The molecule has 0 bridgehead atoms. The van der Waals surface area contributed by atoms with Crippen molar-refractivity contribution >= 4 is 17.5 Å². The van der Waals surface area contributed by atoms with Crippen LogP contribution in [0.1, 0.15) is 19.4 Å². The van der Waals surface area contributed by atoms with Gasteiger partial charge in [-0.15, -0.1) is 11.6 Å². The summed E-state index contributed by atoms with van der Waals surface area (Å²) in [5, 5.41) is 2.74. The second-order valence-corrected chi connectivity index (χ2v) is 4.60. The minimum atomic E-state index is -0.506. The predicted octanol–water partition coefficient (Wildman–Crippen LogP) is 2.50. The fourth-order valence-corrected chi connectivity index (χ4v) is 1.64. The molecule has 16 heavy (non-hydrogen) atoms. The van der Waals surface area contributed by atoms with Crippen LogP contribution in [0.3, 0.4) is 0 Å². The lowest BCUT2D eigenvalue weighted by Gasteiger charge is -2.26. The zero-order valence-electron chi connectivity index (χ0n) is 9.39. The van der Waals surface area contributed by atoms with E-state index >= 15 is 0 Å². The molecule has 0 aliphatic carbocycles. The fourth-order valence-electron chi connectivity index (χ4n) is 1.57. The van der Waals surface area contributed by atoms with Crippen molar-refractivity contribution < 1.29 is 9.18 Å². The second kappa shape index (κ2) is 5.30. The molecule has 4 heteroatoms. The summed E-state index contributed by atoms with van der Waals surface area (Å²) in [7, 11) is 0. The summed E-state index contributed by atoms with van der Waals surface area (Å²) in [6, 6.07) is 6.54. The van der Waals surface area contributed by atoms with Gasteiger partial charge in [-0.05, 0) is 31.9 Å². The Morgan fingerprint density at radius 1 is 1.44 bits per heavy atom. The minimum absolute atomic E-state index is 0.0826. The van der Waals surface area contributed by atoms with Crippen LogP contribution in [0.15, 0.2) is 24.3 Å². The fraction of sp³-hybridized carbons (Fsp3) is 0.417. The van der Waals surface area contributed by atoms with E-state index in [1.165, 1.54) is 6.07 Å². The smallest absolute Gasteiger partial charge is 0.235 e. The van der Waals surface area contributed by atoms with E-state index in [2.05, 4.69) is 5.32 Å². The molecule has 1 rings (SSSR count). The Morgan fingerprint density at radius 3 is 2.62 bits per heavy atom. The topological polar surface area (TPSA) is 29.1 Å². The van der Waals surface area contributed by atoms with Crippen LogP contribution in [-0.4, -0.2) is 17.3 Å². The molecule has 0 radical (unpaired) electrons. The summed E-state index contributed by atoms with van der Waals surface area (Å²) in [5.41, 5.74) is 0.0797. The maximum atomic E-state index is 13.4. The number of hydrogen-bond acceptors (Lipinski definition) is 1. The van der Waals surface area contributed by atoms with Crippen molar-refractivity contribution in [3.63, 3.8) is 0 Å². The van der Waals surface area contributed by atoms with Crippen LogP contribution >= 0.6 is 11.6 Å². The first kappa shape index (κ1) is 13.0. The van der Waals surface area contributed by atoms with Gasteiger partial charge in [0.2, 0.25) is 5.91 Å². The van der Waals surface area contributed by atoms with Gasteiger partial charge in [0, 0.05) is 5.54 Å². The molecule has 1 aromatic carbocycles. The maximum absolute atomic E-state index is 13.4. The Bertz CT molecular complexity index is 379. The summed E-state index contributed by atoms with van der Waals surface area (Å²) in [6.45, 7) is 3.67. The lowest BCUT2D eigenvalue weighted by molar-refractivity contribution is -0.120. The molecule has 0 saturated heterocycles. The van der Waals surface area contributed by atoms with Gasteiger partial charge in [-0.3, -0.25) is 4.79 Å². The molecule has 0 aromatic heterocycles. The molecule has 0 unspecified atom stereocenters. The Hall–Kier alpha value is -1.09. The lowest BCUT2D eigenvalue weighted by atomic mass is 9.94. The van der Waals surface area contributed by atoms with E-state index in [9.17, 15) is 9.18 Å². The molecule has 0 spiro atoms. The molecule has 1 aromatic rings. The predicted molar refractivity (Wildman–Crippen MR) is 63.0 cm³/mol. The second-order valence-electron chi connectivity index (χ2n) is 4.33. The number of nitrogens with one attached hydrogen (secondary N) is 1. The Balaban J connectivity index is 2.72. The molecule has 0 aliphatic heterocycles. The molecule has 88 valence electrons. The summed E-state index contributed by atoms with van der Waals surface area (Å²) in [5.74, 6) is -0.584. The molecule has 1 N–H and O–H groups in total. The van der Waals surface area contributed by atoms with E-state index in [0.717, 1.165) is 0 Å². The minimum Gasteiger partial charge on any atom is -0.350 e. The molecule has 0 fully saturated rings. The Morgan fingerprint density at radius 2 is 2.06 bits per heavy atom. The van der Waals surface area contributed by atoms with Crippen molar-refractivity contribution in [1.29, 1.82) is 0 Å². The molecule has 0 heterocycles. The zero-order chi connectivity index (χ0) is 12.2. The molecule has 0 saturated carbocycles. The van der Waals surface area contributed by atoms with Crippen LogP contribution in [0.4, 0.5) is 4.39 Å². The largest absolute Gasteiger partial charge is 0.350 e. The van der Waals surface area contributed by atoms with Crippen molar-refractivity contribution in [2.45, 2.75) is 25.8 Å². The molecule has 0 aliphatic rings. The van der Waals surface area contributed by atoms with Crippen molar-refractivity contribution in [1.82, 2.24) is 5.32 Å². The average molecular weight is 244 g/mol. The van der Waals surface area contributed by atoms with Crippen molar-refractivity contribution in [3.05, 3.63) is 35.6 Å². The molecular weight excluding hydrogens is 229 g/mol. The van der Waals surface area contributed by atoms with Crippen LogP contribution in [0.25, 0.3) is 0 Å². The van der Waals surface area contributed by atoms with Crippen LogP contribution in [0, 0.1) is 5.82 Å². The highest BCUT2D eigenvalue weighted by Gasteiger charge is 2.21. The van der Waals surface area contributed by atoms with Gasteiger partial charge in [-0.1, -0.05) is 18.2 Å². The number of rotatable bonds is 4. The van der Waals surface area contributed by atoms with Gasteiger partial charge in [0.05, 0.1) is 0 Å². The summed E-state index contributed by atoms with van der Waals surface area (Å²) in [4.78, 5) is 11.2. The highest BCUT2D eigenvalue weighted by atomic mass is 35.5. The van der Waals surface area contributed by atoms with Gasteiger partial charge in [0.25, 0.3) is 0 Å². The number of halogens is 2. The van der Waals surface area contributed by atoms with Gasteiger partial charge in [-0.25, -0.2) is 4.39 Å². The highest BCUT2D eigenvalue weighted by Crippen LogP contribution is 2.15. The highest BCUT2D eigenvalue weighted by molar-refractivity contribution is 6.27. The Kier molecular flexibility index (Phi) is 4.30. The number of benzene rings is 1. The molecular formula is C12H15ClFNO. The SMILES string of the molecule is CC(C)(Cc1ccccc1F)NC(=O)CCl. The van der Waals surface area contributed by atoms with Gasteiger partial charge >= 0.3 is 0 Å². The van der Waals surface area contributed by atoms with Crippen LogP contribution in [-0.2, 0) is 11.2 Å². The first-order valence-corrected chi connectivity index (χ1v) is 5.58. The first-order valence-electron chi connectivity index (χ1n) is 5.05.